The standard InChI is InChI=1S/C19H21N3O2/c23-19(21-13-16-12-15-4-1-2-6-18(15)24-16)22-11-3-5-17(22)14-7-9-20-10-8-14/h1-2,4,6-10,16-17H,3,5,11-13H2,(H,21,23). The Morgan fingerprint density at radius 3 is 2.92 bits per heavy atom. The van der Waals surface area contributed by atoms with Crippen LogP contribution in [-0.4, -0.2) is 35.1 Å². The first-order valence-electron chi connectivity index (χ1n) is 8.50. The van der Waals surface area contributed by atoms with E-state index in [9.17, 15) is 4.79 Å². The molecule has 0 radical (unpaired) electrons. The molecule has 0 saturated carbocycles. The zero-order chi connectivity index (χ0) is 16.4. The van der Waals surface area contributed by atoms with Crippen molar-refractivity contribution in [1.29, 1.82) is 0 Å². The van der Waals surface area contributed by atoms with Gasteiger partial charge in [0.25, 0.3) is 0 Å². The number of hydrogen-bond donors (Lipinski definition) is 1. The normalized spacial score (nSPS) is 22.1. The fourth-order valence-corrected chi connectivity index (χ4v) is 3.61. The predicted octanol–water partition coefficient (Wildman–Crippen LogP) is 2.93. The molecule has 1 saturated heterocycles. The highest BCUT2D eigenvalue weighted by molar-refractivity contribution is 5.75. The number of ether oxygens (including phenoxy) is 1. The molecular weight excluding hydrogens is 302 g/mol. The second-order valence-corrected chi connectivity index (χ2v) is 6.37. The van der Waals surface area contributed by atoms with E-state index >= 15 is 0 Å². The lowest BCUT2D eigenvalue weighted by Gasteiger charge is -2.26. The van der Waals surface area contributed by atoms with Crippen molar-refractivity contribution < 1.29 is 9.53 Å². The highest BCUT2D eigenvalue weighted by Gasteiger charge is 2.31. The smallest absolute Gasteiger partial charge is 0.318 e. The molecule has 5 heteroatoms. The maximum absolute atomic E-state index is 12.6. The van der Waals surface area contributed by atoms with Crippen LogP contribution >= 0.6 is 0 Å². The Kier molecular flexibility index (Phi) is 4.07. The second-order valence-electron chi connectivity index (χ2n) is 6.37. The topological polar surface area (TPSA) is 54.5 Å². The molecule has 2 unspecified atom stereocenters. The molecule has 2 atom stereocenters. The first kappa shape index (κ1) is 15.0. The molecule has 4 rings (SSSR count). The molecule has 124 valence electrons. The van der Waals surface area contributed by atoms with Crippen LogP contribution in [0.25, 0.3) is 0 Å². The number of rotatable bonds is 3. The van der Waals surface area contributed by atoms with Crippen LogP contribution in [0.5, 0.6) is 5.75 Å². The van der Waals surface area contributed by atoms with Gasteiger partial charge in [0.1, 0.15) is 11.9 Å². The Labute approximate surface area is 141 Å². The zero-order valence-electron chi connectivity index (χ0n) is 13.5. The summed E-state index contributed by atoms with van der Waals surface area (Å²) in [5.74, 6) is 0.938. The van der Waals surface area contributed by atoms with Crippen LogP contribution in [0.1, 0.15) is 30.0 Å². The van der Waals surface area contributed by atoms with Crippen LogP contribution in [-0.2, 0) is 6.42 Å². The molecule has 0 aliphatic carbocycles. The van der Waals surface area contributed by atoms with E-state index in [1.807, 2.05) is 35.2 Å². The molecule has 3 heterocycles. The zero-order valence-corrected chi connectivity index (χ0v) is 13.5. The number of urea groups is 1. The van der Waals surface area contributed by atoms with E-state index in [-0.39, 0.29) is 18.2 Å². The molecule has 0 spiro atoms. The minimum atomic E-state index is -0.00568. The third kappa shape index (κ3) is 2.94. The monoisotopic (exact) mass is 323 g/mol. The SMILES string of the molecule is O=C(NCC1Cc2ccccc2O1)N1CCCC1c1ccncc1. The minimum Gasteiger partial charge on any atom is -0.488 e. The van der Waals surface area contributed by atoms with Crippen LogP contribution in [0.3, 0.4) is 0 Å². The summed E-state index contributed by atoms with van der Waals surface area (Å²) >= 11 is 0. The van der Waals surface area contributed by atoms with Gasteiger partial charge in [0.05, 0.1) is 12.6 Å². The molecule has 5 nitrogen and oxygen atoms in total. The maximum Gasteiger partial charge on any atom is 0.318 e. The number of benzene rings is 1. The first-order chi connectivity index (χ1) is 11.8. The summed E-state index contributed by atoms with van der Waals surface area (Å²) in [5, 5.41) is 3.05. The van der Waals surface area contributed by atoms with Gasteiger partial charge in [0.15, 0.2) is 0 Å². The Hall–Kier alpha value is -2.56. The fourth-order valence-electron chi connectivity index (χ4n) is 3.61. The second kappa shape index (κ2) is 6.51. The summed E-state index contributed by atoms with van der Waals surface area (Å²) in [6.45, 7) is 1.33. The van der Waals surface area contributed by atoms with E-state index in [1.54, 1.807) is 12.4 Å². The van der Waals surface area contributed by atoms with Gasteiger partial charge < -0.3 is 15.0 Å². The summed E-state index contributed by atoms with van der Waals surface area (Å²) < 4.78 is 5.89. The molecule has 2 aromatic rings. The molecule has 1 N–H and O–H groups in total. The summed E-state index contributed by atoms with van der Waals surface area (Å²) in [4.78, 5) is 18.6. The van der Waals surface area contributed by atoms with Crippen molar-refractivity contribution in [3.8, 4) is 5.75 Å². The number of carbonyl (C=O) groups excluding carboxylic acids is 1. The molecule has 1 aromatic heterocycles. The van der Waals surface area contributed by atoms with Gasteiger partial charge in [-0.05, 0) is 42.2 Å². The Morgan fingerprint density at radius 1 is 1.25 bits per heavy atom. The van der Waals surface area contributed by atoms with Crippen molar-refractivity contribution >= 4 is 6.03 Å². The number of fused-ring (bicyclic) bond motifs is 1. The largest absolute Gasteiger partial charge is 0.488 e. The maximum atomic E-state index is 12.6. The third-order valence-corrected chi connectivity index (χ3v) is 4.80. The van der Waals surface area contributed by atoms with Crippen molar-refractivity contribution in [2.75, 3.05) is 13.1 Å². The Balaban J connectivity index is 1.35. The van der Waals surface area contributed by atoms with Gasteiger partial charge in [-0.3, -0.25) is 4.98 Å². The van der Waals surface area contributed by atoms with Crippen molar-refractivity contribution in [2.45, 2.75) is 31.4 Å². The number of likely N-dealkylation sites (tertiary alicyclic amines) is 1. The van der Waals surface area contributed by atoms with Gasteiger partial charge in [-0.1, -0.05) is 18.2 Å². The molecule has 24 heavy (non-hydrogen) atoms. The lowest BCUT2D eigenvalue weighted by molar-refractivity contribution is 0.180. The molecule has 2 aliphatic heterocycles. The van der Waals surface area contributed by atoms with Crippen molar-refractivity contribution in [2.24, 2.45) is 0 Å². The van der Waals surface area contributed by atoms with Gasteiger partial charge in [-0.15, -0.1) is 0 Å². The van der Waals surface area contributed by atoms with Crippen LogP contribution < -0.4 is 10.1 Å². The summed E-state index contributed by atoms with van der Waals surface area (Å²) in [7, 11) is 0. The van der Waals surface area contributed by atoms with Crippen LogP contribution in [0.4, 0.5) is 4.79 Å². The quantitative estimate of drug-likeness (QED) is 0.945. The van der Waals surface area contributed by atoms with E-state index in [4.69, 9.17) is 4.74 Å². The number of amides is 2. The number of pyridine rings is 1. The molecule has 2 aliphatic rings. The van der Waals surface area contributed by atoms with Crippen molar-refractivity contribution in [3.05, 3.63) is 59.9 Å². The highest BCUT2D eigenvalue weighted by atomic mass is 16.5. The van der Waals surface area contributed by atoms with E-state index in [0.29, 0.717) is 6.54 Å². The minimum absolute atomic E-state index is 0.00568. The van der Waals surface area contributed by atoms with E-state index in [1.165, 1.54) is 5.56 Å². The van der Waals surface area contributed by atoms with Gasteiger partial charge in [-0.2, -0.15) is 0 Å². The first-order valence-corrected chi connectivity index (χ1v) is 8.50. The number of para-hydroxylation sites is 1. The van der Waals surface area contributed by atoms with E-state index < -0.39 is 0 Å². The summed E-state index contributed by atoms with van der Waals surface area (Å²) in [6.07, 6.45) is 6.48. The van der Waals surface area contributed by atoms with Crippen molar-refractivity contribution in [3.63, 3.8) is 0 Å². The van der Waals surface area contributed by atoms with E-state index in [0.717, 1.165) is 37.1 Å². The van der Waals surface area contributed by atoms with E-state index in [2.05, 4.69) is 16.4 Å². The number of aromatic nitrogens is 1. The Morgan fingerprint density at radius 2 is 2.08 bits per heavy atom. The van der Waals surface area contributed by atoms with Crippen molar-refractivity contribution in [1.82, 2.24) is 15.2 Å². The van der Waals surface area contributed by atoms with Crippen LogP contribution in [0.15, 0.2) is 48.8 Å². The van der Waals surface area contributed by atoms with Gasteiger partial charge in [0.2, 0.25) is 0 Å². The average Bonchev–Trinajstić information content (AvgIpc) is 3.27. The average molecular weight is 323 g/mol. The Bertz CT molecular complexity index is 695. The molecule has 1 fully saturated rings. The number of carbonyl (C=O) groups is 1. The van der Waals surface area contributed by atoms with Gasteiger partial charge in [-0.25, -0.2) is 4.79 Å². The van der Waals surface area contributed by atoms with Gasteiger partial charge >= 0.3 is 6.03 Å². The molecule has 1 aromatic carbocycles. The molecule has 2 amide bonds. The number of hydrogen-bond acceptors (Lipinski definition) is 3. The lowest BCUT2D eigenvalue weighted by atomic mass is 10.1. The van der Waals surface area contributed by atoms with Gasteiger partial charge in [0, 0.05) is 25.4 Å². The summed E-state index contributed by atoms with van der Waals surface area (Å²) in [6, 6.07) is 12.2. The fraction of sp³-hybridized carbons (Fsp3) is 0.368. The third-order valence-electron chi connectivity index (χ3n) is 4.80. The van der Waals surface area contributed by atoms with Crippen LogP contribution in [0, 0.1) is 0 Å². The summed E-state index contributed by atoms with van der Waals surface area (Å²) in [5.41, 5.74) is 2.37. The number of nitrogens with one attached hydrogen (secondary N) is 1. The van der Waals surface area contributed by atoms with Crippen LogP contribution in [0.2, 0.25) is 0 Å². The predicted molar refractivity (Wildman–Crippen MR) is 90.9 cm³/mol. The highest BCUT2D eigenvalue weighted by Crippen LogP contribution is 2.31. The molecule has 0 bridgehead atoms. The lowest BCUT2D eigenvalue weighted by Crippen LogP contribution is -2.43. The number of nitrogens with zero attached hydrogens (tertiary/aromatic N) is 2. The molecular formula is C19H21N3O2.